The minimum Gasteiger partial charge on any atom is -0.340 e. The van der Waals surface area contributed by atoms with Crippen LogP contribution in [0.3, 0.4) is 0 Å². The molecule has 2 heterocycles. The van der Waals surface area contributed by atoms with E-state index < -0.39 is 0 Å². The van der Waals surface area contributed by atoms with Gasteiger partial charge in [-0.15, -0.1) is 12.4 Å². The number of rotatable bonds is 2. The lowest BCUT2D eigenvalue weighted by molar-refractivity contribution is 0.0696. The summed E-state index contributed by atoms with van der Waals surface area (Å²) in [4.78, 5) is 14.4. The number of hydrogen-bond acceptors (Lipinski definition) is 2. The Labute approximate surface area is 128 Å². The van der Waals surface area contributed by atoms with Crippen molar-refractivity contribution in [3.8, 4) is 0 Å². The van der Waals surface area contributed by atoms with Gasteiger partial charge in [-0.3, -0.25) is 4.79 Å². The van der Waals surface area contributed by atoms with Crippen LogP contribution in [0, 0.1) is 0 Å². The zero-order valence-corrected chi connectivity index (χ0v) is 13.7. The van der Waals surface area contributed by atoms with Crippen molar-refractivity contribution in [2.75, 3.05) is 13.1 Å². The lowest BCUT2D eigenvalue weighted by Gasteiger charge is -2.31. The molecule has 1 atom stereocenters. The predicted octanol–water partition coefficient (Wildman–Crippen LogP) is 2.82. The summed E-state index contributed by atoms with van der Waals surface area (Å²) < 4.78 is 2.95. The van der Waals surface area contributed by atoms with Gasteiger partial charge in [0.25, 0.3) is 5.91 Å². The maximum Gasteiger partial charge on any atom is 0.270 e. The third-order valence-electron chi connectivity index (χ3n) is 3.34. The molecule has 1 aromatic heterocycles. The van der Waals surface area contributed by atoms with Gasteiger partial charge in [0.2, 0.25) is 0 Å². The first kappa shape index (κ1) is 16.5. The van der Waals surface area contributed by atoms with E-state index in [1.165, 1.54) is 0 Å². The van der Waals surface area contributed by atoms with E-state index in [9.17, 15) is 4.79 Å². The molecule has 2 rings (SSSR count). The van der Waals surface area contributed by atoms with Gasteiger partial charge >= 0.3 is 0 Å². The highest BCUT2D eigenvalue weighted by atomic mass is 79.9. The summed E-state index contributed by atoms with van der Waals surface area (Å²) in [5, 5.41) is 0. The molecule has 1 amide bonds. The molecule has 19 heavy (non-hydrogen) atoms. The van der Waals surface area contributed by atoms with Crippen molar-refractivity contribution in [1.29, 1.82) is 0 Å². The van der Waals surface area contributed by atoms with Gasteiger partial charge in [0.05, 0.1) is 0 Å². The largest absolute Gasteiger partial charge is 0.340 e. The van der Waals surface area contributed by atoms with Gasteiger partial charge in [-0.1, -0.05) is 0 Å². The summed E-state index contributed by atoms with van der Waals surface area (Å²) in [5.41, 5.74) is 6.68. The molecule has 0 saturated carbocycles. The van der Waals surface area contributed by atoms with Crippen LogP contribution in [0.15, 0.2) is 16.7 Å². The number of aromatic nitrogens is 1. The molecule has 4 nitrogen and oxygen atoms in total. The number of hydrogen-bond donors (Lipinski definition) is 1. The molecule has 2 N–H and O–H groups in total. The van der Waals surface area contributed by atoms with Gasteiger partial charge in [-0.2, -0.15) is 0 Å². The Morgan fingerprint density at radius 1 is 1.53 bits per heavy atom. The molecule has 0 radical (unpaired) electrons. The second-order valence-corrected chi connectivity index (χ2v) is 6.11. The first-order valence-corrected chi connectivity index (χ1v) is 7.20. The molecule has 0 spiro atoms. The Hall–Kier alpha value is -0.520. The molecule has 1 aromatic rings. The maximum absolute atomic E-state index is 12.5. The lowest BCUT2D eigenvalue weighted by Crippen LogP contribution is -2.46. The van der Waals surface area contributed by atoms with Crippen LogP contribution in [0.5, 0.6) is 0 Å². The second-order valence-electron chi connectivity index (χ2n) is 5.20. The Bertz CT molecular complexity index is 447. The highest BCUT2D eigenvalue weighted by molar-refractivity contribution is 9.10. The van der Waals surface area contributed by atoms with E-state index in [2.05, 4.69) is 29.8 Å². The van der Waals surface area contributed by atoms with Crippen molar-refractivity contribution in [2.45, 2.75) is 38.8 Å². The summed E-state index contributed by atoms with van der Waals surface area (Å²) in [7, 11) is 0. The number of nitrogens with two attached hydrogens (primary N) is 1. The maximum atomic E-state index is 12.5. The molecule has 1 fully saturated rings. The molecule has 108 valence electrons. The zero-order valence-electron chi connectivity index (χ0n) is 11.3. The molecule has 0 aliphatic carbocycles. The molecule has 6 heteroatoms. The highest BCUT2D eigenvalue weighted by Gasteiger charge is 2.25. The SMILES string of the molecule is CC(C)n1cc(Br)cc1C(=O)N1CCCC(N)C1.Cl. The van der Waals surface area contributed by atoms with Crippen LogP contribution in [-0.2, 0) is 0 Å². The van der Waals surface area contributed by atoms with Crippen LogP contribution >= 0.6 is 28.3 Å². The van der Waals surface area contributed by atoms with Crippen molar-refractivity contribution < 1.29 is 4.79 Å². The van der Waals surface area contributed by atoms with Gasteiger partial charge in [-0.25, -0.2) is 0 Å². The third-order valence-corrected chi connectivity index (χ3v) is 3.77. The molecule has 0 bridgehead atoms. The van der Waals surface area contributed by atoms with E-state index in [0.717, 1.165) is 29.6 Å². The van der Waals surface area contributed by atoms with Crippen LogP contribution in [0.2, 0.25) is 0 Å². The minimum atomic E-state index is 0. The average molecular weight is 351 g/mol. The summed E-state index contributed by atoms with van der Waals surface area (Å²) in [5.74, 6) is 0.0875. The molecule has 1 aliphatic heterocycles. The first-order chi connectivity index (χ1) is 8.49. The number of carbonyl (C=O) groups excluding carboxylic acids is 1. The smallest absolute Gasteiger partial charge is 0.270 e. The van der Waals surface area contributed by atoms with Crippen LogP contribution < -0.4 is 5.73 Å². The topological polar surface area (TPSA) is 51.3 Å². The first-order valence-electron chi connectivity index (χ1n) is 6.41. The quantitative estimate of drug-likeness (QED) is 0.891. The highest BCUT2D eigenvalue weighted by Crippen LogP contribution is 2.22. The number of likely N-dealkylation sites (tertiary alicyclic amines) is 1. The normalized spacial score (nSPS) is 19.4. The Morgan fingerprint density at radius 2 is 2.21 bits per heavy atom. The number of nitrogens with zero attached hydrogens (tertiary/aromatic N) is 2. The van der Waals surface area contributed by atoms with Gasteiger partial charge < -0.3 is 15.2 Å². The third kappa shape index (κ3) is 3.74. The van der Waals surface area contributed by atoms with Crippen LogP contribution in [-0.4, -0.2) is 34.5 Å². The molecule has 1 saturated heterocycles. The monoisotopic (exact) mass is 349 g/mol. The summed E-state index contributed by atoms with van der Waals surface area (Å²) in [6, 6.07) is 2.28. The van der Waals surface area contributed by atoms with Gasteiger partial charge in [0, 0.05) is 35.8 Å². The van der Waals surface area contributed by atoms with Crippen molar-refractivity contribution in [1.82, 2.24) is 9.47 Å². The van der Waals surface area contributed by atoms with E-state index in [4.69, 9.17) is 5.73 Å². The van der Waals surface area contributed by atoms with E-state index >= 15 is 0 Å². The molecular formula is C13H21BrClN3O. The molecule has 1 aliphatic rings. The fourth-order valence-electron chi connectivity index (χ4n) is 2.40. The van der Waals surface area contributed by atoms with Crippen molar-refractivity contribution in [2.24, 2.45) is 5.73 Å². The summed E-state index contributed by atoms with van der Waals surface area (Å²) in [6.07, 6.45) is 3.97. The van der Waals surface area contributed by atoms with Crippen molar-refractivity contribution in [3.05, 3.63) is 22.4 Å². The molecule has 0 aromatic carbocycles. The molecular weight excluding hydrogens is 330 g/mol. The van der Waals surface area contributed by atoms with Gasteiger partial charge in [0.15, 0.2) is 0 Å². The zero-order chi connectivity index (χ0) is 13.3. The average Bonchev–Trinajstić information content (AvgIpc) is 2.70. The number of piperidine rings is 1. The Kier molecular flexibility index (Phi) is 5.89. The van der Waals surface area contributed by atoms with Crippen LogP contribution in [0.25, 0.3) is 0 Å². The lowest BCUT2D eigenvalue weighted by atomic mass is 10.1. The number of carbonyl (C=O) groups is 1. The number of halogens is 2. The van der Waals surface area contributed by atoms with E-state index in [0.29, 0.717) is 6.54 Å². The van der Waals surface area contributed by atoms with E-state index in [-0.39, 0.29) is 30.4 Å². The minimum absolute atomic E-state index is 0. The fourth-order valence-corrected chi connectivity index (χ4v) is 2.84. The van der Waals surface area contributed by atoms with E-state index in [1.807, 2.05) is 21.7 Å². The molecule has 1 unspecified atom stereocenters. The Balaban J connectivity index is 0.00000180. The summed E-state index contributed by atoms with van der Waals surface area (Å²) >= 11 is 3.44. The second kappa shape index (κ2) is 6.77. The predicted molar refractivity (Wildman–Crippen MR) is 82.9 cm³/mol. The van der Waals surface area contributed by atoms with Crippen molar-refractivity contribution in [3.63, 3.8) is 0 Å². The number of amides is 1. The summed E-state index contributed by atoms with van der Waals surface area (Å²) in [6.45, 7) is 5.63. The van der Waals surface area contributed by atoms with Crippen molar-refractivity contribution >= 4 is 34.2 Å². The van der Waals surface area contributed by atoms with Gasteiger partial charge in [-0.05, 0) is 48.7 Å². The Morgan fingerprint density at radius 3 is 2.79 bits per heavy atom. The van der Waals surface area contributed by atoms with E-state index in [1.54, 1.807) is 0 Å². The fraction of sp³-hybridized carbons (Fsp3) is 0.615. The standard InChI is InChI=1S/C13H20BrN3O.ClH/c1-9(2)17-7-10(14)6-12(17)13(18)16-5-3-4-11(15)8-16;/h6-7,9,11H,3-5,8,15H2,1-2H3;1H. The van der Waals surface area contributed by atoms with Crippen LogP contribution in [0.4, 0.5) is 0 Å². The van der Waals surface area contributed by atoms with Crippen LogP contribution in [0.1, 0.15) is 43.2 Å². The van der Waals surface area contributed by atoms with Gasteiger partial charge in [0.1, 0.15) is 5.69 Å².